The number of anilines is 1. The van der Waals surface area contributed by atoms with Crippen molar-refractivity contribution in [2.24, 2.45) is 7.05 Å². The number of rotatable bonds is 3. The highest BCUT2D eigenvalue weighted by Crippen LogP contribution is 2.25. The van der Waals surface area contributed by atoms with Crippen LogP contribution in [0.4, 0.5) is 5.82 Å². The van der Waals surface area contributed by atoms with Crippen LogP contribution in [-0.2, 0) is 26.4 Å². The van der Waals surface area contributed by atoms with Crippen LogP contribution >= 0.6 is 0 Å². The summed E-state index contributed by atoms with van der Waals surface area (Å²) in [6, 6.07) is 11.8. The molecule has 1 aliphatic carbocycles. The van der Waals surface area contributed by atoms with Crippen molar-refractivity contribution >= 4 is 16.7 Å². The first-order valence-corrected chi connectivity index (χ1v) is 7.83. The SMILES string of the molecule is Cn1nc2c(c1CNc1cc(C#N)c3ccccc3n1)CCC2. The molecule has 0 saturated carbocycles. The number of aromatic nitrogens is 3. The van der Waals surface area contributed by atoms with Crippen molar-refractivity contribution in [2.75, 3.05) is 5.32 Å². The number of para-hydroxylation sites is 1. The highest BCUT2D eigenvalue weighted by molar-refractivity contribution is 5.86. The van der Waals surface area contributed by atoms with Crippen LogP contribution in [0.15, 0.2) is 30.3 Å². The number of nitrogens with zero attached hydrogens (tertiary/aromatic N) is 4. The third-order valence-electron chi connectivity index (χ3n) is 4.47. The second-order valence-electron chi connectivity index (χ2n) is 5.89. The molecule has 1 aliphatic rings. The number of nitriles is 1. The van der Waals surface area contributed by atoms with Gasteiger partial charge in [0, 0.05) is 12.4 Å². The molecule has 5 heteroatoms. The minimum Gasteiger partial charge on any atom is -0.364 e. The lowest BCUT2D eigenvalue weighted by Gasteiger charge is -2.10. The third-order valence-corrected chi connectivity index (χ3v) is 4.47. The third kappa shape index (κ3) is 2.33. The summed E-state index contributed by atoms with van der Waals surface area (Å²) in [7, 11) is 1.99. The zero-order valence-corrected chi connectivity index (χ0v) is 13.0. The Morgan fingerprint density at radius 2 is 2.17 bits per heavy atom. The number of benzene rings is 1. The molecular weight excluding hydrogens is 286 g/mol. The van der Waals surface area contributed by atoms with E-state index >= 15 is 0 Å². The van der Waals surface area contributed by atoms with Crippen LogP contribution in [0, 0.1) is 11.3 Å². The van der Waals surface area contributed by atoms with Gasteiger partial charge in [0.1, 0.15) is 5.82 Å². The molecule has 0 unspecified atom stereocenters. The first-order valence-electron chi connectivity index (χ1n) is 7.83. The zero-order valence-electron chi connectivity index (χ0n) is 13.0. The number of hydrogen-bond donors (Lipinski definition) is 1. The average Bonchev–Trinajstić information content (AvgIpc) is 3.13. The van der Waals surface area contributed by atoms with Gasteiger partial charge < -0.3 is 5.32 Å². The highest BCUT2D eigenvalue weighted by atomic mass is 15.3. The second-order valence-corrected chi connectivity index (χ2v) is 5.89. The lowest BCUT2D eigenvalue weighted by Crippen LogP contribution is -2.09. The van der Waals surface area contributed by atoms with Crippen LogP contribution in [0.25, 0.3) is 10.9 Å². The molecular formula is C18H17N5. The summed E-state index contributed by atoms with van der Waals surface area (Å²) in [4.78, 5) is 4.61. The van der Waals surface area contributed by atoms with E-state index in [0.29, 0.717) is 12.1 Å². The molecule has 0 amide bonds. The summed E-state index contributed by atoms with van der Waals surface area (Å²) in [5.74, 6) is 0.730. The lowest BCUT2D eigenvalue weighted by molar-refractivity contribution is 0.688. The maximum atomic E-state index is 9.36. The quantitative estimate of drug-likeness (QED) is 0.808. The van der Waals surface area contributed by atoms with Gasteiger partial charge in [-0.15, -0.1) is 0 Å². The predicted molar refractivity (Wildman–Crippen MR) is 89.0 cm³/mol. The molecule has 2 heterocycles. The van der Waals surface area contributed by atoms with Crippen molar-refractivity contribution in [1.29, 1.82) is 5.26 Å². The minimum atomic E-state index is 0.647. The van der Waals surface area contributed by atoms with Crippen molar-refractivity contribution in [3.05, 3.63) is 52.8 Å². The van der Waals surface area contributed by atoms with E-state index in [2.05, 4.69) is 21.5 Å². The molecule has 1 aromatic carbocycles. The van der Waals surface area contributed by atoms with Crippen LogP contribution in [0.5, 0.6) is 0 Å². The van der Waals surface area contributed by atoms with E-state index in [4.69, 9.17) is 0 Å². The first kappa shape index (κ1) is 13.8. The van der Waals surface area contributed by atoms with E-state index in [1.165, 1.54) is 23.4 Å². The molecule has 23 heavy (non-hydrogen) atoms. The Bertz CT molecular complexity index is 932. The maximum absolute atomic E-state index is 9.36. The summed E-state index contributed by atoms with van der Waals surface area (Å²) in [5, 5.41) is 18.2. The van der Waals surface area contributed by atoms with E-state index in [0.717, 1.165) is 29.6 Å². The minimum absolute atomic E-state index is 0.647. The van der Waals surface area contributed by atoms with Crippen LogP contribution < -0.4 is 5.32 Å². The van der Waals surface area contributed by atoms with Gasteiger partial charge in [-0.3, -0.25) is 4.68 Å². The molecule has 4 rings (SSSR count). The molecule has 0 saturated heterocycles. The van der Waals surface area contributed by atoms with Crippen molar-refractivity contribution < 1.29 is 0 Å². The number of nitrogens with one attached hydrogen (secondary N) is 1. The Labute approximate surface area is 134 Å². The Morgan fingerprint density at radius 1 is 1.30 bits per heavy atom. The summed E-state index contributed by atoms with van der Waals surface area (Å²) in [6.45, 7) is 0.676. The fraction of sp³-hybridized carbons (Fsp3) is 0.278. The Balaban J connectivity index is 1.65. The van der Waals surface area contributed by atoms with E-state index in [-0.39, 0.29) is 0 Å². The monoisotopic (exact) mass is 303 g/mol. The largest absolute Gasteiger partial charge is 0.364 e. The van der Waals surface area contributed by atoms with Crippen molar-refractivity contribution in [1.82, 2.24) is 14.8 Å². The van der Waals surface area contributed by atoms with Gasteiger partial charge >= 0.3 is 0 Å². The zero-order chi connectivity index (χ0) is 15.8. The van der Waals surface area contributed by atoms with Gasteiger partial charge in [0.15, 0.2) is 0 Å². The van der Waals surface area contributed by atoms with E-state index in [9.17, 15) is 5.26 Å². The Kier molecular flexibility index (Phi) is 3.23. The molecule has 0 spiro atoms. The first-order chi connectivity index (χ1) is 11.3. The van der Waals surface area contributed by atoms with Gasteiger partial charge in [0.2, 0.25) is 0 Å². The Hall–Kier alpha value is -2.87. The highest BCUT2D eigenvalue weighted by Gasteiger charge is 2.20. The van der Waals surface area contributed by atoms with Crippen molar-refractivity contribution in [3.8, 4) is 6.07 Å². The van der Waals surface area contributed by atoms with Crippen LogP contribution in [0.2, 0.25) is 0 Å². The number of fused-ring (bicyclic) bond motifs is 2. The molecule has 1 N–H and O–H groups in total. The average molecular weight is 303 g/mol. The summed E-state index contributed by atoms with van der Waals surface area (Å²) >= 11 is 0. The molecule has 2 aromatic heterocycles. The molecule has 0 fully saturated rings. The summed E-state index contributed by atoms with van der Waals surface area (Å²) in [6.07, 6.45) is 3.38. The van der Waals surface area contributed by atoms with Gasteiger partial charge in [-0.1, -0.05) is 18.2 Å². The number of hydrogen-bond acceptors (Lipinski definition) is 4. The normalized spacial score (nSPS) is 13.0. The van der Waals surface area contributed by atoms with Crippen LogP contribution in [0.3, 0.4) is 0 Å². The van der Waals surface area contributed by atoms with E-state index in [1.54, 1.807) is 0 Å². The van der Waals surface area contributed by atoms with Gasteiger partial charge in [-0.25, -0.2) is 4.98 Å². The summed E-state index contributed by atoms with van der Waals surface area (Å²) < 4.78 is 1.96. The fourth-order valence-corrected chi connectivity index (χ4v) is 3.34. The maximum Gasteiger partial charge on any atom is 0.128 e. The smallest absolute Gasteiger partial charge is 0.128 e. The van der Waals surface area contributed by atoms with Crippen LogP contribution in [0.1, 0.15) is 28.9 Å². The van der Waals surface area contributed by atoms with Gasteiger partial charge in [-0.05, 0) is 37.0 Å². The number of aryl methyl sites for hydroxylation is 2. The van der Waals surface area contributed by atoms with E-state index < -0.39 is 0 Å². The standard InChI is InChI=1S/C18H17N5/c1-23-17(14-6-4-8-16(14)22-23)11-20-18-9-12(10-19)13-5-2-3-7-15(13)21-18/h2-3,5,7,9H,4,6,8,11H2,1H3,(H,20,21). The lowest BCUT2D eigenvalue weighted by atomic mass is 10.1. The fourth-order valence-electron chi connectivity index (χ4n) is 3.34. The molecule has 3 aromatic rings. The van der Waals surface area contributed by atoms with E-state index in [1.807, 2.05) is 42.1 Å². The molecule has 0 aliphatic heterocycles. The molecule has 0 bridgehead atoms. The Morgan fingerprint density at radius 3 is 3.04 bits per heavy atom. The van der Waals surface area contributed by atoms with Gasteiger partial charge in [0.25, 0.3) is 0 Å². The van der Waals surface area contributed by atoms with Crippen molar-refractivity contribution in [3.63, 3.8) is 0 Å². The molecule has 0 atom stereocenters. The second kappa shape index (κ2) is 5.40. The number of pyridine rings is 1. The van der Waals surface area contributed by atoms with Crippen LogP contribution in [-0.4, -0.2) is 14.8 Å². The predicted octanol–water partition coefficient (Wildman–Crippen LogP) is 2.94. The molecule has 5 nitrogen and oxygen atoms in total. The van der Waals surface area contributed by atoms with Gasteiger partial charge in [0.05, 0.1) is 35.1 Å². The summed E-state index contributed by atoms with van der Waals surface area (Å²) in [5.41, 5.74) is 5.30. The molecule has 0 radical (unpaired) electrons. The van der Waals surface area contributed by atoms with Gasteiger partial charge in [-0.2, -0.15) is 10.4 Å². The molecule has 114 valence electrons. The van der Waals surface area contributed by atoms with Crippen molar-refractivity contribution in [2.45, 2.75) is 25.8 Å². The topological polar surface area (TPSA) is 66.5 Å².